The van der Waals surface area contributed by atoms with E-state index in [0.717, 1.165) is 6.07 Å². The van der Waals surface area contributed by atoms with E-state index in [9.17, 15) is 13.5 Å². The number of hydrogen-bond donors (Lipinski definition) is 5. The average molecular weight is 449 g/mol. The average Bonchev–Trinajstić information content (AvgIpc) is 2.61. The van der Waals surface area contributed by atoms with Gasteiger partial charge < -0.3 is 15.6 Å². The molecule has 0 aliphatic heterocycles. The summed E-state index contributed by atoms with van der Waals surface area (Å²) in [5, 5.41) is 16.8. The molecule has 152 valence electrons. The molecule has 28 heavy (non-hydrogen) atoms. The molecule has 0 amide bonds. The summed E-state index contributed by atoms with van der Waals surface area (Å²) in [6.45, 7) is 0.439. The summed E-state index contributed by atoms with van der Waals surface area (Å²) in [5.74, 6) is -0.643. The molecule has 2 rings (SSSR count). The number of phenolic OH excluding ortho intramolecular Hbond substituents is 1. The van der Waals surface area contributed by atoms with Crippen molar-refractivity contribution < 1.29 is 23.1 Å². The summed E-state index contributed by atoms with van der Waals surface area (Å²) in [7, 11) is -4.18. The van der Waals surface area contributed by atoms with Crippen LogP contribution in [-0.2, 0) is 14.9 Å². The van der Waals surface area contributed by atoms with Crippen LogP contribution >= 0.6 is 23.2 Å². The number of aromatic hydroxyl groups is 1. The summed E-state index contributed by atoms with van der Waals surface area (Å²) < 4.78 is 33.2. The Morgan fingerprint density at radius 3 is 2.64 bits per heavy atom. The van der Waals surface area contributed by atoms with Gasteiger partial charge >= 0.3 is 0 Å². The van der Waals surface area contributed by atoms with Gasteiger partial charge in [0.25, 0.3) is 10.0 Å². The predicted octanol–water partition coefficient (Wildman–Crippen LogP) is 2.68. The van der Waals surface area contributed by atoms with Crippen LogP contribution in [0.1, 0.15) is 6.42 Å². The van der Waals surface area contributed by atoms with Crippen LogP contribution in [-0.4, -0.2) is 32.7 Å². The number of phenols is 1. The maximum absolute atomic E-state index is 12.7. The third kappa shape index (κ3) is 6.06. The third-order valence-corrected chi connectivity index (χ3v) is 5.13. The zero-order valence-corrected chi connectivity index (χ0v) is 16.7. The van der Waals surface area contributed by atoms with Gasteiger partial charge in [-0.25, -0.2) is 13.9 Å². The number of nitrogens with two attached hydrogens (primary N) is 1. The lowest BCUT2D eigenvalue weighted by atomic mass is 10.3. The van der Waals surface area contributed by atoms with E-state index in [4.69, 9.17) is 43.9 Å². The SMILES string of the molecule is N=C(N)NOCCCOc1ccccc1NS(=O)(=O)c1cc(Cl)cc(Cl)c1O. The number of rotatable bonds is 9. The van der Waals surface area contributed by atoms with Crippen LogP contribution in [0.4, 0.5) is 5.69 Å². The normalized spacial score (nSPS) is 11.1. The molecule has 2 aromatic rings. The molecule has 6 N–H and O–H groups in total. The van der Waals surface area contributed by atoms with Gasteiger partial charge in [-0.3, -0.25) is 15.0 Å². The monoisotopic (exact) mass is 448 g/mol. The Bertz CT molecular complexity index is 956. The van der Waals surface area contributed by atoms with Crippen molar-refractivity contribution in [3.63, 3.8) is 0 Å². The van der Waals surface area contributed by atoms with Gasteiger partial charge in [-0.15, -0.1) is 0 Å². The highest BCUT2D eigenvalue weighted by atomic mass is 35.5. The molecule has 9 nitrogen and oxygen atoms in total. The number of hydroxylamine groups is 1. The van der Waals surface area contributed by atoms with E-state index >= 15 is 0 Å². The molecule has 0 spiro atoms. The van der Waals surface area contributed by atoms with Crippen LogP contribution in [0, 0.1) is 5.41 Å². The number of ether oxygens (including phenoxy) is 1. The van der Waals surface area contributed by atoms with Gasteiger partial charge in [-0.1, -0.05) is 35.3 Å². The molecular weight excluding hydrogens is 431 g/mol. The Balaban J connectivity index is 2.09. The van der Waals surface area contributed by atoms with Gasteiger partial charge in [0.05, 0.1) is 23.9 Å². The van der Waals surface area contributed by atoms with E-state index in [2.05, 4.69) is 10.2 Å². The highest BCUT2D eigenvalue weighted by Crippen LogP contribution is 2.36. The Kier molecular flexibility index (Phi) is 7.58. The molecule has 0 atom stereocenters. The first-order valence-corrected chi connectivity index (χ1v) is 10.1. The minimum absolute atomic E-state index is 0.0619. The van der Waals surface area contributed by atoms with Crippen molar-refractivity contribution in [2.24, 2.45) is 5.73 Å². The zero-order chi connectivity index (χ0) is 20.7. The van der Waals surface area contributed by atoms with Gasteiger partial charge in [0.2, 0.25) is 5.96 Å². The number of anilines is 1. The molecule has 0 aliphatic rings. The van der Waals surface area contributed by atoms with E-state index < -0.39 is 20.7 Å². The van der Waals surface area contributed by atoms with Crippen LogP contribution in [0.15, 0.2) is 41.3 Å². The maximum atomic E-state index is 12.7. The van der Waals surface area contributed by atoms with Gasteiger partial charge in [-0.05, 0) is 24.3 Å². The van der Waals surface area contributed by atoms with E-state index in [0.29, 0.717) is 6.42 Å². The van der Waals surface area contributed by atoms with Crippen molar-refractivity contribution in [1.82, 2.24) is 5.48 Å². The molecule has 0 bridgehead atoms. The lowest BCUT2D eigenvalue weighted by Crippen LogP contribution is -2.30. The number of nitrogens with one attached hydrogen (secondary N) is 3. The number of guanidine groups is 1. The Hall–Kier alpha value is -2.40. The van der Waals surface area contributed by atoms with Crippen molar-refractivity contribution in [3.8, 4) is 11.5 Å². The minimum Gasteiger partial charge on any atom is -0.505 e. The smallest absolute Gasteiger partial charge is 0.265 e. The van der Waals surface area contributed by atoms with Gasteiger partial charge in [0.15, 0.2) is 5.75 Å². The number of hydrogen-bond acceptors (Lipinski definition) is 6. The van der Waals surface area contributed by atoms with E-state index in [1.165, 1.54) is 12.1 Å². The molecule has 0 radical (unpaired) electrons. The molecule has 2 aromatic carbocycles. The molecule has 0 saturated carbocycles. The van der Waals surface area contributed by atoms with Gasteiger partial charge in [0, 0.05) is 11.4 Å². The molecular formula is C16H18Cl2N4O5S. The predicted molar refractivity (Wildman–Crippen MR) is 106 cm³/mol. The third-order valence-electron chi connectivity index (χ3n) is 3.24. The fourth-order valence-electron chi connectivity index (χ4n) is 2.07. The van der Waals surface area contributed by atoms with Crippen LogP contribution in [0.5, 0.6) is 11.5 Å². The first kappa shape index (κ1) is 21.9. The highest BCUT2D eigenvalue weighted by molar-refractivity contribution is 7.92. The van der Waals surface area contributed by atoms with Crippen molar-refractivity contribution in [3.05, 3.63) is 46.4 Å². The van der Waals surface area contributed by atoms with Crippen molar-refractivity contribution in [1.29, 1.82) is 5.41 Å². The fourth-order valence-corrected chi connectivity index (χ4v) is 3.89. The Morgan fingerprint density at radius 2 is 1.93 bits per heavy atom. The lowest BCUT2D eigenvalue weighted by Gasteiger charge is -2.15. The number of sulfonamides is 1. The van der Waals surface area contributed by atoms with Crippen LogP contribution in [0.25, 0.3) is 0 Å². The van der Waals surface area contributed by atoms with Crippen molar-refractivity contribution >= 4 is 44.9 Å². The molecule has 0 saturated heterocycles. The van der Waals surface area contributed by atoms with Crippen molar-refractivity contribution in [2.45, 2.75) is 11.3 Å². The first-order valence-electron chi connectivity index (χ1n) is 7.85. The summed E-state index contributed by atoms with van der Waals surface area (Å²) in [6, 6.07) is 8.71. The molecule has 0 unspecified atom stereocenters. The quantitative estimate of drug-likeness (QED) is 0.171. The standard InChI is InChI=1S/C16H18Cl2N4O5S/c17-10-8-11(18)15(23)14(9-10)28(24,25)22-12-4-1-2-5-13(12)26-6-3-7-27-21-16(19)20/h1-2,4-5,8-9,22-23H,3,6-7H2,(H4,19,20,21). The van der Waals surface area contributed by atoms with Crippen molar-refractivity contribution in [2.75, 3.05) is 17.9 Å². The van der Waals surface area contributed by atoms with Gasteiger partial charge in [0.1, 0.15) is 10.6 Å². The fraction of sp³-hybridized carbons (Fsp3) is 0.188. The number of halogens is 2. The number of benzene rings is 2. The molecule has 0 fully saturated rings. The molecule has 12 heteroatoms. The maximum Gasteiger partial charge on any atom is 0.265 e. The topological polar surface area (TPSA) is 147 Å². The van der Waals surface area contributed by atoms with Gasteiger partial charge in [-0.2, -0.15) is 0 Å². The highest BCUT2D eigenvalue weighted by Gasteiger charge is 2.23. The lowest BCUT2D eigenvalue weighted by molar-refractivity contribution is 0.0734. The summed E-state index contributed by atoms with van der Waals surface area (Å²) in [4.78, 5) is 4.44. The molecule has 0 aliphatic carbocycles. The molecule has 0 aromatic heterocycles. The first-order chi connectivity index (χ1) is 13.2. The van der Waals surface area contributed by atoms with Crippen LogP contribution in [0.2, 0.25) is 10.0 Å². The second kappa shape index (κ2) is 9.69. The van der Waals surface area contributed by atoms with Crippen LogP contribution < -0.4 is 20.7 Å². The number of para-hydroxylation sites is 2. The second-order valence-electron chi connectivity index (χ2n) is 5.40. The van der Waals surface area contributed by atoms with E-state index in [-0.39, 0.29) is 40.7 Å². The van der Waals surface area contributed by atoms with Crippen LogP contribution in [0.3, 0.4) is 0 Å². The summed E-state index contributed by atoms with van der Waals surface area (Å²) in [6.07, 6.45) is 0.450. The minimum atomic E-state index is -4.18. The Labute approximate surface area is 171 Å². The summed E-state index contributed by atoms with van der Waals surface area (Å²) in [5.41, 5.74) is 7.43. The second-order valence-corrected chi connectivity index (χ2v) is 7.90. The van der Waals surface area contributed by atoms with E-state index in [1.807, 2.05) is 0 Å². The Morgan fingerprint density at radius 1 is 1.21 bits per heavy atom. The summed E-state index contributed by atoms with van der Waals surface area (Å²) >= 11 is 11.6. The van der Waals surface area contributed by atoms with E-state index in [1.54, 1.807) is 18.2 Å². The zero-order valence-electron chi connectivity index (χ0n) is 14.4. The largest absolute Gasteiger partial charge is 0.505 e. The molecule has 0 heterocycles.